The fraction of sp³-hybridized carbons (Fsp3) is 0.542. The van der Waals surface area contributed by atoms with E-state index in [1.807, 2.05) is 0 Å². The van der Waals surface area contributed by atoms with Gasteiger partial charge in [0.05, 0.1) is 0 Å². The number of rotatable bonds is 6. The zero-order chi connectivity index (χ0) is 36.1. The van der Waals surface area contributed by atoms with Crippen LogP contribution < -0.4 is 0 Å². The average Bonchev–Trinajstić information content (AvgIpc) is 3.07. The molecule has 0 bridgehead atoms. The molecule has 0 radical (unpaired) electrons. The molecule has 0 amide bonds. The third-order valence-corrected chi connectivity index (χ3v) is 26.2. The molecule has 0 saturated heterocycles. The van der Waals surface area contributed by atoms with Gasteiger partial charge in [-0.25, -0.2) is 0 Å². The van der Waals surface area contributed by atoms with Crippen molar-refractivity contribution in [3.63, 3.8) is 0 Å². The van der Waals surface area contributed by atoms with E-state index in [0.29, 0.717) is 33.2 Å². The van der Waals surface area contributed by atoms with Crippen LogP contribution in [0, 0.1) is 22.9 Å². The van der Waals surface area contributed by atoms with Gasteiger partial charge in [-0.2, -0.15) is 0 Å². The van der Waals surface area contributed by atoms with Gasteiger partial charge in [-0.3, -0.25) is 0 Å². The Morgan fingerprint density at radius 2 is 0.740 bits per heavy atom. The Morgan fingerprint density at radius 1 is 0.420 bits per heavy atom. The van der Waals surface area contributed by atoms with E-state index < -0.39 is 16.1 Å². The second-order valence-corrected chi connectivity index (χ2v) is 29.1. The number of benzene rings is 4. The highest BCUT2D eigenvalue weighted by atomic mass is 28.3. The van der Waals surface area contributed by atoms with Gasteiger partial charge in [0.25, 0.3) is 0 Å². The SMILES string of the molecule is CC(C)[Si](C#Cc1cc2c3ccc4c(c3c(C#C[Si](C(C)C)(C(C)C)C(C)C)cc2c2ccc3c(c12)CCCC3)CCCC4)(C(C)C)C(C)C. The third-order valence-electron chi connectivity index (χ3n) is 13.6. The first kappa shape index (κ1) is 37.0. The van der Waals surface area contributed by atoms with Crippen molar-refractivity contribution in [2.24, 2.45) is 0 Å². The summed E-state index contributed by atoms with van der Waals surface area (Å²) in [4.78, 5) is 0. The van der Waals surface area contributed by atoms with Crippen LogP contribution in [0.25, 0.3) is 32.3 Å². The first-order chi connectivity index (χ1) is 23.7. The largest absolute Gasteiger partial charge is 0.146 e. The van der Waals surface area contributed by atoms with Crippen LogP contribution in [0.4, 0.5) is 0 Å². The maximum atomic E-state index is 4.16. The van der Waals surface area contributed by atoms with Crippen LogP contribution in [-0.4, -0.2) is 16.1 Å². The van der Waals surface area contributed by atoms with Crippen molar-refractivity contribution in [2.45, 2.75) is 168 Å². The van der Waals surface area contributed by atoms with E-state index >= 15 is 0 Å². The molecule has 50 heavy (non-hydrogen) atoms. The zero-order valence-corrected chi connectivity index (χ0v) is 35.6. The summed E-state index contributed by atoms with van der Waals surface area (Å²) in [5, 5.41) is 8.40. The van der Waals surface area contributed by atoms with Crippen LogP contribution in [0.1, 0.15) is 142 Å². The van der Waals surface area contributed by atoms with E-state index in [2.05, 4.69) is 142 Å². The minimum atomic E-state index is -1.92. The molecular weight excluding hydrogens is 633 g/mol. The normalized spacial score (nSPS) is 15.3. The minimum absolute atomic E-state index is 0.613. The van der Waals surface area contributed by atoms with Gasteiger partial charge in [0.1, 0.15) is 16.1 Å². The molecule has 264 valence electrons. The molecule has 0 N–H and O–H groups in total. The lowest BCUT2D eigenvalue weighted by atomic mass is 9.81. The molecule has 0 spiro atoms. The van der Waals surface area contributed by atoms with E-state index in [0.717, 1.165) is 12.8 Å². The quantitative estimate of drug-likeness (QED) is 0.107. The van der Waals surface area contributed by atoms with Gasteiger partial charge in [0.2, 0.25) is 0 Å². The van der Waals surface area contributed by atoms with Gasteiger partial charge >= 0.3 is 0 Å². The molecule has 2 heteroatoms. The molecule has 0 fully saturated rings. The summed E-state index contributed by atoms with van der Waals surface area (Å²) in [6.07, 6.45) is 9.82. The highest BCUT2D eigenvalue weighted by Crippen LogP contribution is 2.45. The molecular formula is C48H64Si2. The van der Waals surface area contributed by atoms with Crippen LogP contribution >= 0.6 is 0 Å². The number of aryl methyl sites for hydroxylation is 4. The molecule has 4 aromatic carbocycles. The third kappa shape index (κ3) is 6.02. The lowest BCUT2D eigenvalue weighted by Crippen LogP contribution is -2.43. The van der Waals surface area contributed by atoms with Crippen LogP contribution in [0.3, 0.4) is 0 Å². The highest BCUT2D eigenvalue weighted by Gasteiger charge is 2.43. The van der Waals surface area contributed by atoms with Gasteiger partial charge in [-0.15, -0.1) is 11.1 Å². The topological polar surface area (TPSA) is 0 Å². The summed E-state index contributed by atoms with van der Waals surface area (Å²) in [6, 6.07) is 14.9. The van der Waals surface area contributed by atoms with Gasteiger partial charge in [0.15, 0.2) is 0 Å². The van der Waals surface area contributed by atoms with Crippen LogP contribution in [0.5, 0.6) is 0 Å². The number of hydrogen-bond acceptors (Lipinski definition) is 0. The summed E-state index contributed by atoms with van der Waals surface area (Å²) in [5.41, 5.74) is 20.8. The van der Waals surface area contributed by atoms with Crippen molar-refractivity contribution in [1.29, 1.82) is 0 Å². The van der Waals surface area contributed by atoms with Crippen molar-refractivity contribution in [1.82, 2.24) is 0 Å². The van der Waals surface area contributed by atoms with Crippen molar-refractivity contribution < 1.29 is 0 Å². The molecule has 0 unspecified atom stereocenters. The monoisotopic (exact) mass is 696 g/mol. The molecule has 0 saturated carbocycles. The number of fused-ring (bicyclic) bond motifs is 9. The van der Waals surface area contributed by atoms with E-state index in [1.54, 1.807) is 22.3 Å². The lowest BCUT2D eigenvalue weighted by molar-refractivity contribution is 0.690. The van der Waals surface area contributed by atoms with E-state index in [4.69, 9.17) is 0 Å². The zero-order valence-electron chi connectivity index (χ0n) is 33.6. The predicted molar refractivity (Wildman–Crippen MR) is 228 cm³/mol. The van der Waals surface area contributed by atoms with Gasteiger partial charge in [0, 0.05) is 21.9 Å². The molecule has 6 rings (SSSR count). The Labute approximate surface area is 307 Å². The maximum Gasteiger partial charge on any atom is 0.146 e. The second kappa shape index (κ2) is 14.3. The molecule has 4 aromatic rings. The molecule has 0 atom stereocenters. The van der Waals surface area contributed by atoms with Gasteiger partial charge in [-0.1, -0.05) is 119 Å². The Bertz CT molecular complexity index is 1850. The summed E-state index contributed by atoms with van der Waals surface area (Å²) in [6.45, 7) is 29.3. The fourth-order valence-electron chi connectivity index (χ4n) is 11.2. The van der Waals surface area contributed by atoms with Crippen molar-refractivity contribution in [3.05, 3.63) is 69.8 Å². The first-order valence-corrected chi connectivity index (χ1v) is 24.8. The number of hydrogen-bond donors (Lipinski definition) is 0. The standard InChI is InChI=1S/C48H64Si2/c1-31(2)49(32(3)4,33(5)6)27-25-39-29-45-44-24-22-38-18-14-16-20-42(38)48(44)40(26-28-50(34(7)8,35(9)10)36(11)12)30-46(45)43-23-21-37-17-13-15-19-41(37)47(39)43/h21-24,29-36H,13-20H2,1-12H3. The molecule has 2 aliphatic carbocycles. The Kier molecular flexibility index (Phi) is 10.6. The smallest absolute Gasteiger partial charge is 0.125 e. The molecule has 0 aliphatic heterocycles. The Morgan fingerprint density at radius 3 is 1.06 bits per heavy atom. The minimum Gasteiger partial charge on any atom is -0.125 e. The molecule has 0 aromatic heterocycles. The summed E-state index contributed by atoms with van der Waals surface area (Å²) in [5.74, 6) is 8.06. The predicted octanol–water partition coefficient (Wildman–Crippen LogP) is 14.0. The maximum absolute atomic E-state index is 4.16. The summed E-state index contributed by atoms with van der Waals surface area (Å²) < 4.78 is 0. The Balaban J connectivity index is 1.77. The van der Waals surface area contributed by atoms with Gasteiger partial charge in [-0.05, 0) is 141 Å². The van der Waals surface area contributed by atoms with Crippen LogP contribution in [0.15, 0.2) is 36.4 Å². The molecule has 2 aliphatic rings. The van der Waals surface area contributed by atoms with Gasteiger partial charge < -0.3 is 0 Å². The van der Waals surface area contributed by atoms with E-state index in [9.17, 15) is 0 Å². The average molecular weight is 697 g/mol. The van der Waals surface area contributed by atoms with E-state index in [-0.39, 0.29) is 0 Å². The van der Waals surface area contributed by atoms with Crippen molar-refractivity contribution >= 4 is 48.5 Å². The highest BCUT2D eigenvalue weighted by molar-refractivity contribution is 6.91. The second-order valence-electron chi connectivity index (χ2n) is 17.9. The van der Waals surface area contributed by atoms with Crippen molar-refractivity contribution in [2.75, 3.05) is 0 Å². The summed E-state index contributed by atoms with van der Waals surface area (Å²) >= 11 is 0. The van der Waals surface area contributed by atoms with Crippen LogP contribution in [0.2, 0.25) is 33.2 Å². The molecule has 0 nitrogen and oxygen atoms in total. The summed E-state index contributed by atoms with van der Waals surface area (Å²) in [7, 11) is -3.83. The first-order valence-electron chi connectivity index (χ1n) is 20.3. The lowest BCUT2D eigenvalue weighted by Gasteiger charge is -2.38. The molecule has 0 heterocycles. The fourth-order valence-corrected chi connectivity index (χ4v) is 21.6. The van der Waals surface area contributed by atoms with Crippen LogP contribution in [-0.2, 0) is 25.7 Å². The van der Waals surface area contributed by atoms with Crippen molar-refractivity contribution in [3.8, 4) is 22.9 Å². The Hall–Kier alpha value is -2.79. The van der Waals surface area contributed by atoms with E-state index in [1.165, 1.54) is 82.0 Å².